The van der Waals surface area contributed by atoms with Crippen molar-refractivity contribution in [1.29, 1.82) is 0 Å². The zero-order chi connectivity index (χ0) is 21.9. The number of hydrogen-bond donors (Lipinski definition) is 3. The zero-order valence-electron chi connectivity index (χ0n) is 18.8. The van der Waals surface area contributed by atoms with E-state index in [-0.39, 0.29) is 12.0 Å². The zero-order valence-corrected chi connectivity index (χ0v) is 18.8. The van der Waals surface area contributed by atoms with Crippen LogP contribution in [0, 0.1) is 6.92 Å². The molecule has 0 aliphatic rings. The lowest BCUT2D eigenvalue weighted by atomic mass is 10.1. The van der Waals surface area contributed by atoms with Crippen LogP contribution in [0.1, 0.15) is 51.2 Å². The number of carbonyl (C=O) groups excluding carboxylic acids is 1. The van der Waals surface area contributed by atoms with Crippen LogP contribution in [0.15, 0.2) is 48.7 Å². The third-order valence-corrected chi connectivity index (χ3v) is 5.03. The summed E-state index contributed by atoms with van der Waals surface area (Å²) in [5.41, 5.74) is 5.69. The first kappa shape index (κ1) is 23.3. The maximum absolute atomic E-state index is 11.7. The number of carbonyl (C=O) groups is 1. The Morgan fingerprint density at radius 3 is 2.53 bits per heavy atom. The first-order chi connectivity index (χ1) is 14.6. The molecular weight excluding hydrogens is 374 g/mol. The van der Waals surface area contributed by atoms with Crippen molar-refractivity contribution in [2.75, 3.05) is 17.7 Å². The summed E-state index contributed by atoms with van der Waals surface area (Å²) in [7, 11) is 1.43. The molecule has 3 rings (SSSR count). The predicted octanol–water partition coefficient (Wildman–Crippen LogP) is 6.26. The summed E-state index contributed by atoms with van der Waals surface area (Å²) < 4.78 is 4.85. The van der Waals surface area contributed by atoms with E-state index in [0.717, 1.165) is 36.3 Å². The molecule has 0 spiro atoms. The van der Waals surface area contributed by atoms with E-state index in [9.17, 15) is 4.79 Å². The van der Waals surface area contributed by atoms with Crippen molar-refractivity contribution in [2.45, 2.75) is 59.5 Å². The Kier molecular flexibility index (Phi) is 9.26. The van der Waals surface area contributed by atoms with Gasteiger partial charge in [-0.2, -0.15) is 0 Å². The number of rotatable bonds is 9. The Labute approximate surface area is 180 Å². The quantitative estimate of drug-likeness (QED) is 0.365. The van der Waals surface area contributed by atoms with Gasteiger partial charge in [-0.25, -0.2) is 0 Å². The first-order valence-corrected chi connectivity index (χ1v) is 10.8. The molecule has 0 amide bonds. The van der Waals surface area contributed by atoms with Crippen LogP contribution in [0.25, 0.3) is 10.9 Å². The highest BCUT2D eigenvalue weighted by Gasteiger charge is 2.15. The van der Waals surface area contributed by atoms with E-state index in [1.807, 2.05) is 32.0 Å². The summed E-state index contributed by atoms with van der Waals surface area (Å²) in [5, 5.41) is 8.35. The highest BCUT2D eigenvalue weighted by atomic mass is 16.5. The van der Waals surface area contributed by atoms with E-state index in [2.05, 4.69) is 59.9 Å². The summed E-state index contributed by atoms with van der Waals surface area (Å²) >= 11 is 0. The number of H-pyrrole nitrogens is 1. The molecule has 0 radical (unpaired) electrons. The largest absolute Gasteiger partial charge is 0.469 e. The minimum absolute atomic E-state index is 0.0516. The van der Waals surface area contributed by atoms with Crippen LogP contribution in [0.3, 0.4) is 0 Å². The number of esters is 1. The standard InChI is InChI=1S/C23H29N3O2.C2H6/c1-4-8-18(13-22(27)28-3)26-20-11-6-5-10-19(20)24-14-17-15-25-21-12-7-9-16(2)23(17)21;1-2/h5-7,9-12,15,18,24-26H,4,8,13-14H2,1-3H3;1-2H3. The molecule has 0 saturated heterocycles. The molecule has 0 fully saturated rings. The van der Waals surface area contributed by atoms with Crippen molar-refractivity contribution in [3.8, 4) is 0 Å². The predicted molar refractivity (Wildman–Crippen MR) is 127 cm³/mol. The number of methoxy groups -OCH3 is 1. The minimum Gasteiger partial charge on any atom is -0.469 e. The Morgan fingerprint density at radius 2 is 1.83 bits per heavy atom. The number of benzene rings is 2. The summed E-state index contributed by atoms with van der Waals surface area (Å²) in [6.45, 7) is 8.98. The lowest BCUT2D eigenvalue weighted by Gasteiger charge is -2.21. The number of aromatic nitrogens is 1. The van der Waals surface area contributed by atoms with E-state index in [4.69, 9.17) is 4.74 Å². The molecule has 1 aromatic heterocycles. The van der Waals surface area contributed by atoms with Crippen LogP contribution in [0.2, 0.25) is 0 Å². The monoisotopic (exact) mass is 409 g/mol. The van der Waals surface area contributed by atoms with Gasteiger partial charge in [-0.1, -0.05) is 51.5 Å². The number of ether oxygens (including phenoxy) is 1. The van der Waals surface area contributed by atoms with Crippen LogP contribution in [0.4, 0.5) is 11.4 Å². The number of hydrogen-bond acceptors (Lipinski definition) is 4. The van der Waals surface area contributed by atoms with Crippen molar-refractivity contribution in [2.24, 2.45) is 0 Å². The molecule has 1 atom stereocenters. The molecule has 3 N–H and O–H groups in total. The van der Waals surface area contributed by atoms with E-state index in [1.54, 1.807) is 0 Å². The van der Waals surface area contributed by atoms with Gasteiger partial charge in [0.1, 0.15) is 0 Å². The molecule has 1 unspecified atom stereocenters. The topological polar surface area (TPSA) is 66.2 Å². The van der Waals surface area contributed by atoms with Gasteiger partial charge in [0, 0.05) is 29.7 Å². The van der Waals surface area contributed by atoms with Crippen LogP contribution >= 0.6 is 0 Å². The normalized spacial score (nSPS) is 11.4. The molecule has 3 aromatic rings. The summed E-state index contributed by atoms with van der Waals surface area (Å²) in [6.07, 6.45) is 4.34. The smallest absolute Gasteiger partial charge is 0.307 e. The minimum atomic E-state index is -0.189. The number of aromatic amines is 1. The Morgan fingerprint density at radius 1 is 1.10 bits per heavy atom. The van der Waals surface area contributed by atoms with Gasteiger partial charge >= 0.3 is 5.97 Å². The SMILES string of the molecule is CC.CCCC(CC(=O)OC)Nc1ccccc1NCc1c[nH]c2cccc(C)c12. The van der Waals surface area contributed by atoms with Gasteiger partial charge in [0.2, 0.25) is 0 Å². The molecular formula is C25H35N3O2. The molecule has 0 aliphatic carbocycles. The van der Waals surface area contributed by atoms with Crippen molar-refractivity contribution < 1.29 is 9.53 Å². The lowest BCUT2D eigenvalue weighted by molar-refractivity contribution is -0.140. The average molecular weight is 410 g/mol. The highest BCUT2D eigenvalue weighted by Crippen LogP contribution is 2.27. The number of para-hydroxylation sites is 2. The van der Waals surface area contributed by atoms with E-state index in [0.29, 0.717) is 6.42 Å². The third kappa shape index (κ3) is 6.02. The van der Waals surface area contributed by atoms with Gasteiger partial charge in [-0.3, -0.25) is 4.79 Å². The fraction of sp³-hybridized carbons (Fsp3) is 0.400. The van der Waals surface area contributed by atoms with Crippen LogP contribution < -0.4 is 10.6 Å². The highest BCUT2D eigenvalue weighted by molar-refractivity contribution is 5.86. The molecule has 0 saturated carbocycles. The van der Waals surface area contributed by atoms with E-state index < -0.39 is 0 Å². The molecule has 5 heteroatoms. The average Bonchev–Trinajstić information content (AvgIpc) is 3.19. The second-order valence-electron chi connectivity index (χ2n) is 7.12. The van der Waals surface area contributed by atoms with Crippen LogP contribution in [-0.4, -0.2) is 24.1 Å². The van der Waals surface area contributed by atoms with Gasteiger partial charge in [-0.05, 0) is 42.7 Å². The van der Waals surface area contributed by atoms with Gasteiger partial charge < -0.3 is 20.4 Å². The van der Waals surface area contributed by atoms with Gasteiger partial charge in [0.25, 0.3) is 0 Å². The number of aryl methyl sites for hydroxylation is 1. The molecule has 5 nitrogen and oxygen atoms in total. The van der Waals surface area contributed by atoms with E-state index >= 15 is 0 Å². The molecule has 0 aliphatic heterocycles. The Hall–Kier alpha value is -2.95. The molecule has 162 valence electrons. The second-order valence-corrected chi connectivity index (χ2v) is 7.12. The number of anilines is 2. The maximum Gasteiger partial charge on any atom is 0.307 e. The Bertz CT molecular complexity index is 933. The van der Waals surface area contributed by atoms with Gasteiger partial charge in [0.05, 0.1) is 24.9 Å². The molecule has 2 aromatic carbocycles. The van der Waals surface area contributed by atoms with Gasteiger partial charge in [0.15, 0.2) is 0 Å². The van der Waals surface area contributed by atoms with Crippen molar-refractivity contribution in [3.63, 3.8) is 0 Å². The third-order valence-electron chi connectivity index (χ3n) is 5.03. The second kappa shape index (κ2) is 11.9. The van der Waals surface area contributed by atoms with Crippen LogP contribution in [-0.2, 0) is 16.1 Å². The lowest BCUT2D eigenvalue weighted by Crippen LogP contribution is -2.24. The van der Waals surface area contributed by atoms with Crippen molar-refractivity contribution in [3.05, 3.63) is 59.8 Å². The Balaban J connectivity index is 0.00000155. The molecule has 1 heterocycles. The number of nitrogens with one attached hydrogen (secondary N) is 3. The molecule has 30 heavy (non-hydrogen) atoms. The fourth-order valence-corrected chi connectivity index (χ4v) is 3.62. The first-order valence-electron chi connectivity index (χ1n) is 10.8. The maximum atomic E-state index is 11.7. The van der Waals surface area contributed by atoms with Crippen molar-refractivity contribution >= 4 is 28.2 Å². The summed E-state index contributed by atoms with van der Waals surface area (Å²) in [5.74, 6) is -0.189. The molecule has 0 bridgehead atoms. The van der Waals surface area contributed by atoms with Gasteiger partial charge in [-0.15, -0.1) is 0 Å². The van der Waals surface area contributed by atoms with Crippen molar-refractivity contribution in [1.82, 2.24) is 4.98 Å². The van der Waals surface area contributed by atoms with Crippen LogP contribution in [0.5, 0.6) is 0 Å². The fourth-order valence-electron chi connectivity index (χ4n) is 3.62. The summed E-state index contributed by atoms with van der Waals surface area (Å²) in [6, 6.07) is 14.5. The summed E-state index contributed by atoms with van der Waals surface area (Å²) in [4.78, 5) is 15.1. The number of fused-ring (bicyclic) bond motifs is 1. The van der Waals surface area contributed by atoms with E-state index in [1.165, 1.54) is 23.6 Å².